The highest BCUT2D eigenvalue weighted by Gasteiger charge is 2.16. The third kappa shape index (κ3) is 7.28. The normalized spacial score (nSPS) is 14.1. The molecule has 1 aromatic rings. The second kappa shape index (κ2) is 11.0. The molecule has 1 fully saturated rings. The number of nitrogens with zero attached hydrogens (tertiary/aromatic N) is 1. The summed E-state index contributed by atoms with van der Waals surface area (Å²) in [6.07, 6.45) is 7.27. The van der Waals surface area contributed by atoms with Crippen LogP contribution in [0.1, 0.15) is 45.2 Å². The van der Waals surface area contributed by atoms with Crippen LogP contribution in [0.5, 0.6) is 5.75 Å². The molecule has 3 heteroatoms. The van der Waals surface area contributed by atoms with E-state index in [1.807, 2.05) is 53.2 Å². The summed E-state index contributed by atoms with van der Waals surface area (Å²) in [4.78, 5) is 4.20. The highest BCUT2D eigenvalue weighted by Crippen LogP contribution is 2.23. The van der Waals surface area contributed by atoms with Gasteiger partial charge in [0.15, 0.2) is 0 Å². The molecule has 1 aliphatic rings. The first kappa shape index (κ1) is 16.9. The Morgan fingerprint density at radius 2 is 1.72 bits per heavy atom. The van der Waals surface area contributed by atoms with Gasteiger partial charge in [0, 0.05) is 5.69 Å². The lowest BCUT2D eigenvalue weighted by molar-refractivity contribution is 0.209. The highest BCUT2D eigenvalue weighted by molar-refractivity contribution is 5.19. The van der Waals surface area contributed by atoms with Crippen molar-refractivity contribution in [1.29, 1.82) is 0 Å². The van der Waals surface area contributed by atoms with Gasteiger partial charge in [0.25, 0.3) is 0 Å². The van der Waals surface area contributed by atoms with Crippen molar-refractivity contribution in [2.75, 3.05) is 14.1 Å². The fourth-order valence-electron chi connectivity index (χ4n) is 1.72. The third-order valence-corrected chi connectivity index (χ3v) is 2.49. The molecule has 104 valence electrons. The lowest BCUT2D eigenvalue weighted by Gasteiger charge is -2.12. The zero-order valence-corrected chi connectivity index (χ0v) is 12.5. The van der Waals surface area contributed by atoms with Crippen LogP contribution in [-0.4, -0.2) is 25.2 Å². The van der Waals surface area contributed by atoms with Crippen LogP contribution in [0.4, 0.5) is 0 Å². The smallest absolute Gasteiger partial charge is 0.138 e. The van der Waals surface area contributed by atoms with Crippen LogP contribution < -0.4 is 10.1 Å². The quantitative estimate of drug-likeness (QED) is 0.873. The van der Waals surface area contributed by atoms with Gasteiger partial charge in [-0.05, 0) is 58.8 Å². The minimum atomic E-state index is 0.435. The van der Waals surface area contributed by atoms with Gasteiger partial charge >= 0.3 is 0 Å². The zero-order valence-electron chi connectivity index (χ0n) is 12.5. The number of aryl methyl sites for hydroxylation is 1. The van der Waals surface area contributed by atoms with Gasteiger partial charge in [0.05, 0.1) is 12.3 Å². The van der Waals surface area contributed by atoms with E-state index >= 15 is 0 Å². The molecule has 1 aromatic heterocycles. The van der Waals surface area contributed by atoms with Crippen LogP contribution in [0.2, 0.25) is 0 Å². The van der Waals surface area contributed by atoms with Crippen molar-refractivity contribution in [3.05, 3.63) is 24.0 Å². The molecule has 2 rings (SSSR count). The number of hydrogen-bond acceptors (Lipinski definition) is 3. The Morgan fingerprint density at radius 3 is 2.17 bits per heavy atom. The van der Waals surface area contributed by atoms with Gasteiger partial charge in [-0.1, -0.05) is 13.8 Å². The van der Waals surface area contributed by atoms with Crippen molar-refractivity contribution >= 4 is 0 Å². The zero-order chi connectivity index (χ0) is 13.8. The number of hydrogen-bond donors (Lipinski definition) is 1. The summed E-state index contributed by atoms with van der Waals surface area (Å²) in [5.41, 5.74) is 1.04. The van der Waals surface area contributed by atoms with Crippen LogP contribution >= 0.6 is 0 Å². The molecule has 1 saturated carbocycles. The lowest BCUT2D eigenvalue weighted by atomic mass is 10.3. The minimum absolute atomic E-state index is 0.435. The number of nitrogens with one attached hydrogen (secondary N) is 1. The van der Waals surface area contributed by atoms with E-state index in [0.717, 1.165) is 11.4 Å². The SMILES string of the molecule is CC.CNC.Cc1ccc(OC2CCCC2)cn1. The van der Waals surface area contributed by atoms with Crippen LogP contribution in [0, 0.1) is 6.92 Å². The molecule has 0 aromatic carbocycles. The summed E-state index contributed by atoms with van der Waals surface area (Å²) in [5, 5.41) is 2.75. The van der Waals surface area contributed by atoms with Crippen molar-refractivity contribution in [1.82, 2.24) is 10.3 Å². The Labute approximate surface area is 112 Å². The molecule has 18 heavy (non-hydrogen) atoms. The fourth-order valence-corrected chi connectivity index (χ4v) is 1.72. The summed E-state index contributed by atoms with van der Waals surface area (Å²) in [7, 11) is 3.75. The topological polar surface area (TPSA) is 34.1 Å². The maximum atomic E-state index is 5.77. The molecular formula is C15H28N2O. The monoisotopic (exact) mass is 252 g/mol. The van der Waals surface area contributed by atoms with Crippen LogP contribution in [0.25, 0.3) is 0 Å². The lowest BCUT2D eigenvalue weighted by Crippen LogP contribution is -2.10. The third-order valence-electron chi connectivity index (χ3n) is 2.49. The maximum absolute atomic E-state index is 5.77. The van der Waals surface area contributed by atoms with Crippen molar-refractivity contribution < 1.29 is 4.74 Å². The molecule has 3 nitrogen and oxygen atoms in total. The van der Waals surface area contributed by atoms with E-state index in [1.54, 1.807) is 0 Å². The molecule has 0 aliphatic heterocycles. The number of pyridine rings is 1. The van der Waals surface area contributed by atoms with Gasteiger partial charge in [-0.15, -0.1) is 0 Å². The maximum Gasteiger partial charge on any atom is 0.138 e. The van der Waals surface area contributed by atoms with E-state index in [2.05, 4.69) is 10.3 Å². The molecule has 0 atom stereocenters. The largest absolute Gasteiger partial charge is 0.489 e. The van der Waals surface area contributed by atoms with E-state index in [1.165, 1.54) is 25.7 Å². The first-order valence-electron chi connectivity index (χ1n) is 6.94. The van der Waals surface area contributed by atoms with Gasteiger partial charge in [-0.2, -0.15) is 0 Å². The molecule has 0 unspecified atom stereocenters. The van der Waals surface area contributed by atoms with Gasteiger partial charge in [-0.25, -0.2) is 0 Å². The first-order valence-corrected chi connectivity index (χ1v) is 6.94. The van der Waals surface area contributed by atoms with Gasteiger partial charge in [0.2, 0.25) is 0 Å². The summed E-state index contributed by atoms with van der Waals surface area (Å²) in [6, 6.07) is 3.99. The summed E-state index contributed by atoms with van der Waals surface area (Å²) < 4.78 is 5.77. The van der Waals surface area contributed by atoms with Gasteiger partial charge < -0.3 is 10.1 Å². The molecule has 0 radical (unpaired) electrons. The second-order valence-electron chi connectivity index (χ2n) is 4.16. The molecule has 1 aliphatic carbocycles. The van der Waals surface area contributed by atoms with Crippen molar-refractivity contribution in [3.8, 4) is 5.75 Å². The average molecular weight is 252 g/mol. The summed E-state index contributed by atoms with van der Waals surface area (Å²) >= 11 is 0. The molecule has 0 bridgehead atoms. The van der Waals surface area contributed by atoms with Gasteiger partial charge in [0.1, 0.15) is 5.75 Å². The fraction of sp³-hybridized carbons (Fsp3) is 0.667. The predicted octanol–water partition coefficient (Wildman–Crippen LogP) is 3.57. The molecular weight excluding hydrogens is 224 g/mol. The summed E-state index contributed by atoms with van der Waals surface area (Å²) in [6.45, 7) is 5.99. The van der Waals surface area contributed by atoms with E-state index in [-0.39, 0.29) is 0 Å². The molecule has 0 spiro atoms. The molecule has 0 saturated heterocycles. The second-order valence-corrected chi connectivity index (χ2v) is 4.16. The average Bonchev–Trinajstić information content (AvgIpc) is 2.89. The Kier molecular flexibility index (Phi) is 10.4. The molecule has 1 heterocycles. The first-order chi connectivity index (χ1) is 8.76. The standard InChI is InChI=1S/C11H15NO.C2H7N.C2H6/c1-9-6-7-11(8-12-9)13-10-4-2-3-5-10;1-3-2;1-2/h6-8,10H,2-5H2,1H3;3H,1-2H3;1-2H3. The van der Waals surface area contributed by atoms with E-state index < -0.39 is 0 Å². The van der Waals surface area contributed by atoms with Crippen LogP contribution in [-0.2, 0) is 0 Å². The van der Waals surface area contributed by atoms with E-state index in [4.69, 9.17) is 4.74 Å². The predicted molar refractivity (Wildman–Crippen MR) is 78.2 cm³/mol. The Hall–Kier alpha value is -1.09. The molecule has 1 N–H and O–H groups in total. The van der Waals surface area contributed by atoms with Crippen molar-refractivity contribution in [2.45, 2.75) is 52.6 Å². The van der Waals surface area contributed by atoms with E-state index in [9.17, 15) is 0 Å². The minimum Gasteiger partial charge on any atom is -0.489 e. The Bertz CT molecular complexity index is 279. The summed E-state index contributed by atoms with van der Waals surface area (Å²) in [5.74, 6) is 0.914. The van der Waals surface area contributed by atoms with Crippen molar-refractivity contribution in [3.63, 3.8) is 0 Å². The van der Waals surface area contributed by atoms with Gasteiger partial charge in [-0.3, -0.25) is 4.98 Å². The molecule has 0 amide bonds. The van der Waals surface area contributed by atoms with Crippen LogP contribution in [0.3, 0.4) is 0 Å². The van der Waals surface area contributed by atoms with Crippen molar-refractivity contribution in [2.24, 2.45) is 0 Å². The Balaban J connectivity index is 0.000000509. The Morgan fingerprint density at radius 1 is 1.17 bits per heavy atom. The highest BCUT2D eigenvalue weighted by atomic mass is 16.5. The van der Waals surface area contributed by atoms with Crippen LogP contribution in [0.15, 0.2) is 18.3 Å². The number of aromatic nitrogens is 1. The van der Waals surface area contributed by atoms with E-state index in [0.29, 0.717) is 6.10 Å². The number of rotatable bonds is 2. The number of ether oxygens (including phenoxy) is 1.